The number of hydrogen-bond donors (Lipinski definition) is 3. The molecule has 0 aromatic heterocycles. The molecule has 0 fully saturated rings. The van der Waals surface area contributed by atoms with E-state index >= 15 is 0 Å². The molecule has 4 N–H and O–H groups in total. The lowest BCUT2D eigenvalue weighted by Gasteiger charge is -2.01. The molecule has 0 saturated carbocycles. The summed E-state index contributed by atoms with van der Waals surface area (Å²) in [6.45, 7) is 3.20. The topological polar surface area (TPSA) is 83.6 Å². The van der Waals surface area contributed by atoms with E-state index in [1.807, 2.05) is 0 Å². The van der Waals surface area contributed by atoms with Gasteiger partial charge in [0, 0.05) is 12.0 Å². The van der Waals surface area contributed by atoms with E-state index in [1.54, 1.807) is 0 Å². The number of carbonyl (C=O) groups excluding carboxylic acids is 1. The van der Waals surface area contributed by atoms with E-state index in [4.69, 9.17) is 15.9 Å². The zero-order valence-electron chi connectivity index (χ0n) is 4.87. The molecular weight excluding hydrogens is 122 g/mol. The summed E-state index contributed by atoms with van der Waals surface area (Å²) in [7, 11) is 0. The zero-order valence-corrected chi connectivity index (χ0v) is 4.87. The Hall–Kier alpha value is -0.870. The van der Waals surface area contributed by atoms with Crippen LogP contribution in [0, 0.1) is 0 Å². The molecular formula is C5H9NO3. The van der Waals surface area contributed by atoms with Crippen LogP contribution in [0.2, 0.25) is 0 Å². The van der Waals surface area contributed by atoms with Crippen molar-refractivity contribution in [1.82, 2.24) is 0 Å². The molecule has 0 atom stereocenters. The monoisotopic (exact) mass is 131 g/mol. The second-order valence-corrected chi connectivity index (χ2v) is 1.65. The molecule has 0 rings (SSSR count). The van der Waals surface area contributed by atoms with Crippen molar-refractivity contribution in [1.29, 1.82) is 0 Å². The van der Waals surface area contributed by atoms with Crippen LogP contribution in [-0.2, 0) is 4.79 Å². The summed E-state index contributed by atoms with van der Waals surface area (Å²) in [5.41, 5.74) is 4.74. The molecule has 0 saturated heterocycles. The van der Waals surface area contributed by atoms with Gasteiger partial charge in [0.1, 0.15) is 0 Å². The number of primary amides is 1. The second-order valence-electron chi connectivity index (χ2n) is 1.65. The summed E-state index contributed by atoms with van der Waals surface area (Å²) in [6, 6.07) is 0. The number of aliphatic hydroxyl groups is 2. The quantitative estimate of drug-likeness (QED) is 0.330. The molecule has 0 aliphatic rings. The van der Waals surface area contributed by atoms with Crippen LogP contribution in [0.5, 0.6) is 0 Å². The third-order valence-electron chi connectivity index (χ3n) is 0.777. The summed E-state index contributed by atoms with van der Waals surface area (Å²) >= 11 is 0. The first kappa shape index (κ1) is 8.13. The summed E-state index contributed by atoms with van der Waals surface area (Å²) in [6.07, 6.45) is -1.72. The number of amides is 1. The number of hydrogen-bond acceptors (Lipinski definition) is 3. The Labute approximate surface area is 52.6 Å². The van der Waals surface area contributed by atoms with Gasteiger partial charge in [0.15, 0.2) is 6.29 Å². The van der Waals surface area contributed by atoms with E-state index in [0.29, 0.717) is 0 Å². The molecule has 4 heteroatoms. The highest BCUT2D eigenvalue weighted by Gasteiger charge is 2.05. The largest absolute Gasteiger partial charge is 0.368 e. The minimum absolute atomic E-state index is 0.0185. The lowest BCUT2D eigenvalue weighted by atomic mass is 10.2. The van der Waals surface area contributed by atoms with E-state index < -0.39 is 12.2 Å². The Kier molecular flexibility index (Phi) is 2.90. The van der Waals surface area contributed by atoms with Gasteiger partial charge in [-0.25, -0.2) is 0 Å². The highest BCUT2D eigenvalue weighted by atomic mass is 16.5. The van der Waals surface area contributed by atoms with Crippen LogP contribution >= 0.6 is 0 Å². The van der Waals surface area contributed by atoms with Crippen molar-refractivity contribution < 1.29 is 15.0 Å². The molecule has 4 nitrogen and oxygen atoms in total. The maximum absolute atomic E-state index is 10.1. The Balaban J connectivity index is 3.65. The first-order chi connectivity index (χ1) is 4.04. The van der Waals surface area contributed by atoms with Crippen LogP contribution in [-0.4, -0.2) is 22.4 Å². The average molecular weight is 131 g/mol. The zero-order chi connectivity index (χ0) is 7.44. The van der Waals surface area contributed by atoms with Gasteiger partial charge in [0.25, 0.3) is 0 Å². The molecule has 0 aromatic rings. The van der Waals surface area contributed by atoms with Crippen molar-refractivity contribution in [3.8, 4) is 0 Å². The average Bonchev–Trinajstić information content (AvgIpc) is 1.63. The summed E-state index contributed by atoms with van der Waals surface area (Å²) < 4.78 is 0. The molecule has 0 unspecified atom stereocenters. The third-order valence-corrected chi connectivity index (χ3v) is 0.777. The van der Waals surface area contributed by atoms with Gasteiger partial charge in [-0.3, -0.25) is 4.79 Å². The SMILES string of the molecule is C=C(CC(O)O)C(N)=O. The Morgan fingerprint density at radius 3 is 2.22 bits per heavy atom. The fourth-order valence-electron chi connectivity index (χ4n) is 0.321. The van der Waals surface area contributed by atoms with Crippen LogP contribution in [0.25, 0.3) is 0 Å². The summed E-state index contributed by atoms with van der Waals surface area (Å²) in [5.74, 6) is -0.705. The van der Waals surface area contributed by atoms with E-state index in [0.717, 1.165) is 0 Å². The van der Waals surface area contributed by atoms with Crippen LogP contribution in [0.3, 0.4) is 0 Å². The van der Waals surface area contributed by atoms with Crippen molar-refractivity contribution >= 4 is 5.91 Å². The molecule has 0 spiro atoms. The van der Waals surface area contributed by atoms with Crippen molar-refractivity contribution in [3.05, 3.63) is 12.2 Å². The van der Waals surface area contributed by atoms with Gasteiger partial charge in [0.2, 0.25) is 5.91 Å². The second kappa shape index (κ2) is 3.21. The maximum Gasteiger partial charge on any atom is 0.244 e. The summed E-state index contributed by atoms with van der Waals surface area (Å²) in [5, 5.41) is 16.5. The van der Waals surface area contributed by atoms with Gasteiger partial charge < -0.3 is 15.9 Å². The van der Waals surface area contributed by atoms with Gasteiger partial charge in [-0.1, -0.05) is 6.58 Å². The predicted octanol–water partition coefficient (Wildman–Crippen LogP) is -1.27. The van der Waals surface area contributed by atoms with Crippen LogP contribution in [0.4, 0.5) is 0 Å². The standard InChI is InChI=1S/C5H9NO3/c1-3(5(6)9)2-4(7)8/h4,7-8H,1-2H2,(H2,6,9). The molecule has 0 radical (unpaired) electrons. The van der Waals surface area contributed by atoms with Crippen LogP contribution < -0.4 is 5.73 Å². The highest BCUT2D eigenvalue weighted by molar-refractivity contribution is 5.91. The van der Waals surface area contributed by atoms with Gasteiger partial charge in [-0.05, 0) is 0 Å². The molecule has 9 heavy (non-hydrogen) atoms. The minimum Gasteiger partial charge on any atom is -0.368 e. The van der Waals surface area contributed by atoms with Crippen LogP contribution in [0.15, 0.2) is 12.2 Å². The molecule has 1 amide bonds. The van der Waals surface area contributed by atoms with Gasteiger partial charge in [0.05, 0.1) is 0 Å². The molecule has 0 heterocycles. The van der Waals surface area contributed by atoms with Crippen molar-refractivity contribution in [2.45, 2.75) is 12.7 Å². The lowest BCUT2D eigenvalue weighted by Crippen LogP contribution is -2.17. The fourth-order valence-corrected chi connectivity index (χ4v) is 0.321. The van der Waals surface area contributed by atoms with E-state index in [2.05, 4.69) is 6.58 Å². The van der Waals surface area contributed by atoms with Crippen molar-refractivity contribution in [2.24, 2.45) is 5.73 Å². The first-order valence-corrected chi connectivity index (χ1v) is 2.37. The Morgan fingerprint density at radius 2 is 2.11 bits per heavy atom. The molecule has 0 aromatic carbocycles. The van der Waals surface area contributed by atoms with E-state index in [1.165, 1.54) is 0 Å². The number of nitrogens with two attached hydrogens (primary N) is 1. The fraction of sp³-hybridized carbons (Fsp3) is 0.400. The number of aliphatic hydroxyl groups excluding tert-OH is 1. The molecule has 52 valence electrons. The van der Waals surface area contributed by atoms with Crippen LogP contribution in [0.1, 0.15) is 6.42 Å². The molecule has 0 aliphatic carbocycles. The minimum atomic E-state index is -1.54. The first-order valence-electron chi connectivity index (χ1n) is 2.37. The van der Waals surface area contributed by atoms with Crippen molar-refractivity contribution in [3.63, 3.8) is 0 Å². The van der Waals surface area contributed by atoms with Gasteiger partial charge >= 0.3 is 0 Å². The number of rotatable bonds is 3. The Morgan fingerprint density at radius 1 is 1.67 bits per heavy atom. The van der Waals surface area contributed by atoms with E-state index in [9.17, 15) is 4.79 Å². The smallest absolute Gasteiger partial charge is 0.244 e. The predicted molar refractivity (Wildman–Crippen MR) is 31.2 cm³/mol. The normalized spacial score (nSPS) is 9.67. The lowest BCUT2D eigenvalue weighted by molar-refractivity contribution is -0.116. The van der Waals surface area contributed by atoms with Crippen molar-refractivity contribution in [2.75, 3.05) is 0 Å². The summed E-state index contributed by atoms with van der Waals surface area (Å²) in [4.78, 5) is 10.1. The molecule has 0 aliphatic heterocycles. The Bertz CT molecular complexity index is 130. The maximum atomic E-state index is 10.1. The van der Waals surface area contributed by atoms with Gasteiger partial charge in [-0.15, -0.1) is 0 Å². The van der Waals surface area contributed by atoms with E-state index in [-0.39, 0.29) is 12.0 Å². The third kappa shape index (κ3) is 3.69. The number of carbonyl (C=O) groups is 1. The molecule has 0 bridgehead atoms. The highest BCUT2D eigenvalue weighted by Crippen LogP contribution is 1.98. The van der Waals surface area contributed by atoms with Gasteiger partial charge in [-0.2, -0.15) is 0 Å².